The summed E-state index contributed by atoms with van der Waals surface area (Å²) in [5.41, 5.74) is -3.66. The van der Waals surface area contributed by atoms with Crippen LogP contribution in [0.3, 0.4) is 0 Å². The molecule has 0 spiro atoms. The molecule has 1 aromatic rings. The lowest BCUT2D eigenvalue weighted by Gasteiger charge is -2.18. The van der Waals surface area contributed by atoms with Gasteiger partial charge in [-0.3, -0.25) is 4.68 Å². The quantitative estimate of drug-likeness (QED) is 0.869. The van der Waals surface area contributed by atoms with Gasteiger partial charge in [0.1, 0.15) is 6.10 Å². The fourth-order valence-corrected chi connectivity index (χ4v) is 2.23. The maximum Gasteiger partial charge on any atom is 0.435 e. The summed E-state index contributed by atoms with van der Waals surface area (Å²) in [6, 6.07) is 0. The van der Waals surface area contributed by atoms with Gasteiger partial charge in [0.15, 0.2) is 5.69 Å². The molecule has 1 aromatic heterocycles. The Balaban J connectivity index is 2.59. The van der Waals surface area contributed by atoms with Crippen molar-refractivity contribution in [3.8, 4) is 0 Å². The van der Waals surface area contributed by atoms with Crippen molar-refractivity contribution in [1.29, 1.82) is 0 Å². The molecule has 9 heteroatoms. The maximum atomic E-state index is 13.7. The third kappa shape index (κ3) is 2.07. The zero-order valence-corrected chi connectivity index (χ0v) is 10.4. The summed E-state index contributed by atoms with van der Waals surface area (Å²) in [6.07, 6.45) is -9.92. The van der Waals surface area contributed by atoms with E-state index < -0.39 is 41.3 Å². The van der Waals surface area contributed by atoms with Crippen molar-refractivity contribution in [2.75, 3.05) is 0 Å². The summed E-state index contributed by atoms with van der Waals surface area (Å²) >= 11 is 0. The maximum absolute atomic E-state index is 13.7. The van der Waals surface area contributed by atoms with Crippen molar-refractivity contribution in [3.63, 3.8) is 0 Å². The summed E-state index contributed by atoms with van der Waals surface area (Å²) in [4.78, 5) is 0. The van der Waals surface area contributed by atoms with Crippen molar-refractivity contribution < 1.29 is 31.4 Å². The first kappa shape index (κ1) is 15.1. The third-order valence-electron chi connectivity index (χ3n) is 3.24. The minimum absolute atomic E-state index is 0.113. The Labute approximate surface area is 110 Å². The molecule has 114 valence electrons. The number of alkyl halides is 6. The third-order valence-corrected chi connectivity index (χ3v) is 3.24. The topological polar surface area (TPSA) is 38.0 Å². The van der Waals surface area contributed by atoms with E-state index >= 15 is 0 Å². The van der Waals surface area contributed by atoms with E-state index in [1.807, 2.05) is 0 Å². The van der Waals surface area contributed by atoms with Gasteiger partial charge in [-0.1, -0.05) is 13.3 Å². The van der Waals surface area contributed by atoms with E-state index in [1.165, 1.54) is 0 Å². The Morgan fingerprint density at radius 2 is 1.95 bits per heavy atom. The SMILES string of the molecule is CCCCn1nc(C(F)(F)F)c2c1[C@@H](F)C(F)(F)[C@H]2O. The second-order valence-corrected chi connectivity index (χ2v) is 4.66. The van der Waals surface area contributed by atoms with Crippen molar-refractivity contribution >= 4 is 0 Å². The van der Waals surface area contributed by atoms with Crippen molar-refractivity contribution in [2.45, 2.75) is 50.7 Å². The molecule has 0 amide bonds. The Kier molecular flexibility index (Phi) is 3.52. The van der Waals surface area contributed by atoms with Crippen LogP contribution in [0.15, 0.2) is 0 Å². The molecule has 1 aliphatic carbocycles. The molecule has 1 heterocycles. The molecular weight excluding hydrogens is 290 g/mol. The van der Waals surface area contributed by atoms with Gasteiger partial charge in [0.05, 0.1) is 5.69 Å². The number of aryl methyl sites for hydroxylation is 1. The zero-order valence-electron chi connectivity index (χ0n) is 10.4. The van der Waals surface area contributed by atoms with Crippen molar-refractivity contribution in [2.24, 2.45) is 0 Å². The first-order valence-corrected chi connectivity index (χ1v) is 6.00. The number of nitrogens with zero attached hydrogens (tertiary/aromatic N) is 2. The summed E-state index contributed by atoms with van der Waals surface area (Å²) in [6.45, 7) is 1.63. The van der Waals surface area contributed by atoms with Crippen LogP contribution in [0.25, 0.3) is 0 Å². The minimum atomic E-state index is -5.03. The molecule has 2 atom stereocenters. The Hall–Kier alpha value is -1.25. The molecular formula is C11H12F6N2O. The van der Waals surface area contributed by atoms with E-state index in [-0.39, 0.29) is 6.54 Å². The van der Waals surface area contributed by atoms with Gasteiger partial charge in [0.2, 0.25) is 6.17 Å². The summed E-state index contributed by atoms with van der Waals surface area (Å²) in [5.74, 6) is -4.28. The van der Waals surface area contributed by atoms with Crippen LogP contribution in [0.4, 0.5) is 26.3 Å². The predicted molar refractivity (Wildman–Crippen MR) is 55.9 cm³/mol. The van der Waals surface area contributed by atoms with Gasteiger partial charge >= 0.3 is 12.1 Å². The molecule has 20 heavy (non-hydrogen) atoms. The predicted octanol–water partition coefficient (Wildman–Crippen LogP) is 3.39. The summed E-state index contributed by atoms with van der Waals surface area (Å²) in [5, 5.41) is 12.5. The van der Waals surface area contributed by atoms with E-state index in [4.69, 9.17) is 0 Å². The lowest BCUT2D eigenvalue weighted by molar-refractivity contribution is -0.156. The van der Waals surface area contributed by atoms with Crippen LogP contribution in [0.5, 0.6) is 0 Å². The number of halogens is 6. The summed E-state index contributed by atoms with van der Waals surface area (Å²) in [7, 11) is 0. The van der Waals surface area contributed by atoms with Crippen LogP contribution >= 0.6 is 0 Å². The van der Waals surface area contributed by atoms with Crippen LogP contribution < -0.4 is 0 Å². The number of fused-ring (bicyclic) bond motifs is 1. The number of hydrogen-bond acceptors (Lipinski definition) is 2. The van der Waals surface area contributed by atoms with E-state index in [0.717, 1.165) is 0 Å². The van der Waals surface area contributed by atoms with Crippen LogP contribution in [0, 0.1) is 0 Å². The van der Waals surface area contributed by atoms with Crippen LogP contribution in [0.1, 0.15) is 49.0 Å². The second-order valence-electron chi connectivity index (χ2n) is 4.66. The highest BCUT2D eigenvalue weighted by Gasteiger charge is 2.61. The number of rotatable bonds is 3. The number of unbranched alkanes of at least 4 members (excludes halogenated alkanes) is 1. The zero-order chi connectivity index (χ0) is 15.3. The van der Waals surface area contributed by atoms with Gasteiger partial charge in [0, 0.05) is 12.1 Å². The van der Waals surface area contributed by atoms with Crippen LogP contribution in [-0.2, 0) is 12.7 Å². The molecule has 0 fully saturated rings. The van der Waals surface area contributed by atoms with Gasteiger partial charge in [0.25, 0.3) is 0 Å². The Bertz CT molecular complexity index is 510. The van der Waals surface area contributed by atoms with E-state index in [2.05, 4.69) is 5.10 Å². The van der Waals surface area contributed by atoms with Gasteiger partial charge < -0.3 is 5.11 Å². The number of aromatic nitrogens is 2. The fraction of sp³-hybridized carbons (Fsp3) is 0.727. The molecule has 0 aliphatic heterocycles. The van der Waals surface area contributed by atoms with Gasteiger partial charge in [-0.15, -0.1) is 0 Å². The van der Waals surface area contributed by atoms with E-state index in [1.54, 1.807) is 6.92 Å². The molecule has 0 saturated carbocycles. The number of hydrogen-bond donors (Lipinski definition) is 1. The Morgan fingerprint density at radius 3 is 2.45 bits per heavy atom. The van der Waals surface area contributed by atoms with Crippen LogP contribution in [-0.4, -0.2) is 20.8 Å². The molecule has 1 N–H and O–H groups in total. The molecule has 2 rings (SSSR count). The van der Waals surface area contributed by atoms with E-state index in [9.17, 15) is 31.4 Å². The number of aliphatic hydroxyl groups excluding tert-OH is 1. The normalized spacial score (nSPS) is 25.0. The second kappa shape index (κ2) is 4.64. The molecule has 0 saturated heterocycles. The first-order chi connectivity index (χ1) is 9.12. The Morgan fingerprint density at radius 1 is 1.35 bits per heavy atom. The summed E-state index contributed by atoms with van der Waals surface area (Å²) < 4.78 is 79.4. The first-order valence-electron chi connectivity index (χ1n) is 6.00. The molecule has 0 bridgehead atoms. The fourth-order valence-electron chi connectivity index (χ4n) is 2.23. The smallest absolute Gasteiger partial charge is 0.382 e. The lowest BCUT2D eigenvalue weighted by atomic mass is 10.1. The highest BCUT2D eigenvalue weighted by Crippen LogP contribution is 2.55. The lowest BCUT2D eigenvalue weighted by Crippen LogP contribution is -2.27. The number of aliphatic hydroxyl groups is 1. The average Bonchev–Trinajstić information content (AvgIpc) is 2.79. The monoisotopic (exact) mass is 302 g/mol. The highest BCUT2D eigenvalue weighted by atomic mass is 19.4. The van der Waals surface area contributed by atoms with Gasteiger partial charge in [-0.05, 0) is 6.42 Å². The molecule has 0 aromatic carbocycles. The van der Waals surface area contributed by atoms with Gasteiger partial charge in [-0.2, -0.15) is 27.1 Å². The average molecular weight is 302 g/mol. The molecule has 1 aliphatic rings. The largest absolute Gasteiger partial charge is 0.435 e. The van der Waals surface area contributed by atoms with E-state index in [0.29, 0.717) is 17.5 Å². The van der Waals surface area contributed by atoms with Gasteiger partial charge in [-0.25, -0.2) is 4.39 Å². The minimum Gasteiger partial charge on any atom is -0.382 e. The van der Waals surface area contributed by atoms with Crippen LogP contribution in [0.2, 0.25) is 0 Å². The van der Waals surface area contributed by atoms with Crippen molar-refractivity contribution in [1.82, 2.24) is 9.78 Å². The molecule has 0 unspecified atom stereocenters. The highest BCUT2D eigenvalue weighted by molar-refractivity contribution is 5.40. The molecule has 3 nitrogen and oxygen atoms in total. The van der Waals surface area contributed by atoms with Crippen molar-refractivity contribution in [3.05, 3.63) is 17.0 Å². The standard InChI is InChI=1S/C11H12F6N2O/c1-2-3-4-19-6-5(8(18-19)11(15,16)17)9(20)10(13,14)7(6)12/h7,9,20H,2-4H2,1H3/t7-,9+/m1/s1. The molecule has 0 radical (unpaired) electrons.